The Morgan fingerprint density at radius 2 is 1.33 bits per heavy atom. The fraction of sp³-hybridized carbons (Fsp3) is 0.364. The van der Waals surface area contributed by atoms with Gasteiger partial charge < -0.3 is 15.9 Å². The fourth-order valence-corrected chi connectivity index (χ4v) is 3.76. The summed E-state index contributed by atoms with van der Waals surface area (Å²) < 4.78 is 0. The Morgan fingerprint density at radius 1 is 0.900 bits per heavy atom. The second-order valence-electron chi connectivity index (χ2n) is 8.01. The van der Waals surface area contributed by atoms with E-state index in [4.69, 9.17) is 5.73 Å². The topological polar surface area (TPSA) is 144 Å². The highest BCUT2D eigenvalue weighted by atomic mass is 16.6. The molecule has 0 spiro atoms. The van der Waals surface area contributed by atoms with E-state index in [1.54, 1.807) is 31.2 Å². The van der Waals surface area contributed by atoms with E-state index in [0.717, 1.165) is 31.2 Å². The van der Waals surface area contributed by atoms with Crippen molar-refractivity contribution in [2.45, 2.75) is 50.4 Å². The first-order valence-corrected chi connectivity index (χ1v) is 9.62. The van der Waals surface area contributed by atoms with E-state index in [1.807, 2.05) is 0 Å². The van der Waals surface area contributed by atoms with E-state index in [-0.39, 0.29) is 34.2 Å². The van der Waals surface area contributed by atoms with Crippen LogP contribution in [0.1, 0.15) is 50.7 Å². The van der Waals surface area contributed by atoms with Crippen molar-refractivity contribution in [2.75, 3.05) is 5.73 Å². The molecule has 0 aromatic heterocycles. The van der Waals surface area contributed by atoms with Gasteiger partial charge in [-0.25, -0.2) is 0 Å². The van der Waals surface area contributed by atoms with Crippen molar-refractivity contribution < 1.29 is 24.7 Å². The molecule has 2 aromatic rings. The van der Waals surface area contributed by atoms with E-state index in [0.29, 0.717) is 11.3 Å². The quantitative estimate of drug-likeness (QED) is 0.295. The Balaban J connectivity index is 0.000000172. The third kappa shape index (κ3) is 3.72. The van der Waals surface area contributed by atoms with Gasteiger partial charge in [0.1, 0.15) is 17.3 Å². The molecule has 0 aliphatic heterocycles. The standard InChI is InChI=1S/C11H11NO4.C11H13NO2/c1-7(13)11(4-5-11)8-2-3-10(14)9(6-8)12(15)16;1-7(13)11(4-5-11)8-2-3-10(14)9(12)6-8/h2-3,6,14H,4-5H2,1H3;2-3,6,14H,4-5,12H2,1H3. The highest BCUT2D eigenvalue weighted by Gasteiger charge is 2.49. The number of Topliss-reactive ketones (excluding diaryl/α,β-unsaturated/α-hetero) is 2. The van der Waals surface area contributed by atoms with Crippen LogP contribution in [0.2, 0.25) is 0 Å². The SMILES string of the molecule is CC(=O)C1(c2ccc(O)c(N)c2)CC1.CC(=O)C1(c2ccc(O)c([N+](=O)[O-])c2)CC1. The molecule has 0 radical (unpaired) electrons. The van der Waals surface area contributed by atoms with Gasteiger partial charge in [-0.15, -0.1) is 0 Å². The van der Waals surface area contributed by atoms with Crippen LogP contribution in [0.25, 0.3) is 0 Å². The van der Waals surface area contributed by atoms with Crippen molar-refractivity contribution in [2.24, 2.45) is 0 Å². The van der Waals surface area contributed by atoms with Gasteiger partial charge in [-0.2, -0.15) is 0 Å². The lowest BCUT2D eigenvalue weighted by Crippen LogP contribution is -2.16. The number of nitrogens with zero attached hydrogens (tertiary/aromatic N) is 1. The molecule has 2 aromatic carbocycles. The molecular formula is C22H24N2O6. The summed E-state index contributed by atoms with van der Waals surface area (Å²) in [5.74, 6) is -0.0868. The molecule has 2 fully saturated rings. The van der Waals surface area contributed by atoms with Crippen LogP contribution in [0, 0.1) is 10.1 Å². The first kappa shape index (κ1) is 21.3. The van der Waals surface area contributed by atoms with Crippen molar-refractivity contribution in [3.63, 3.8) is 0 Å². The molecule has 2 aliphatic rings. The average molecular weight is 412 g/mol. The summed E-state index contributed by atoms with van der Waals surface area (Å²) in [5, 5.41) is 29.2. The highest BCUT2D eigenvalue weighted by molar-refractivity contribution is 5.92. The van der Waals surface area contributed by atoms with Crippen LogP contribution < -0.4 is 5.73 Å². The molecular weight excluding hydrogens is 388 g/mol. The summed E-state index contributed by atoms with van der Waals surface area (Å²) in [5.41, 5.74) is 6.30. The molecule has 8 heteroatoms. The third-order valence-corrected chi connectivity index (χ3v) is 6.15. The van der Waals surface area contributed by atoms with E-state index in [2.05, 4.69) is 0 Å². The maximum absolute atomic E-state index is 11.5. The maximum Gasteiger partial charge on any atom is 0.311 e. The van der Waals surface area contributed by atoms with E-state index in [9.17, 15) is 29.9 Å². The molecule has 30 heavy (non-hydrogen) atoms. The average Bonchev–Trinajstić information content (AvgIpc) is 3.58. The molecule has 0 bridgehead atoms. The third-order valence-electron chi connectivity index (χ3n) is 6.15. The summed E-state index contributed by atoms with van der Waals surface area (Å²) in [6, 6.07) is 9.18. The number of anilines is 1. The number of phenols is 2. The normalized spacial score (nSPS) is 17.3. The van der Waals surface area contributed by atoms with Gasteiger partial charge in [-0.1, -0.05) is 12.1 Å². The second kappa shape index (κ2) is 7.44. The van der Waals surface area contributed by atoms with Gasteiger partial charge >= 0.3 is 5.69 Å². The number of nitro benzene ring substituents is 1. The van der Waals surface area contributed by atoms with Gasteiger partial charge in [-0.05, 0) is 68.9 Å². The number of phenolic OH excluding ortho intramolecular Hbond substituents is 2. The number of hydrogen-bond acceptors (Lipinski definition) is 7. The number of benzene rings is 2. The Morgan fingerprint density at radius 3 is 1.70 bits per heavy atom. The molecule has 4 rings (SSSR count). The fourth-order valence-electron chi connectivity index (χ4n) is 3.76. The molecule has 0 heterocycles. The Hall–Kier alpha value is -3.42. The van der Waals surface area contributed by atoms with Crippen molar-refractivity contribution in [1.82, 2.24) is 0 Å². The number of carbonyl (C=O) groups is 2. The number of hydrogen-bond donors (Lipinski definition) is 3. The molecule has 0 atom stereocenters. The zero-order valence-electron chi connectivity index (χ0n) is 16.8. The van der Waals surface area contributed by atoms with Crippen LogP contribution in [0.4, 0.5) is 11.4 Å². The van der Waals surface area contributed by atoms with Crippen LogP contribution in [-0.2, 0) is 20.4 Å². The molecule has 2 saturated carbocycles. The van der Waals surface area contributed by atoms with Gasteiger partial charge in [0.2, 0.25) is 0 Å². The van der Waals surface area contributed by atoms with E-state index < -0.39 is 10.3 Å². The Labute approximate surface area is 173 Å². The molecule has 158 valence electrons. The van der Waals surface area contributed by atoms with Crippen LogP contribution in [0.15, 0.2) is 36.4 Å². The van der Waals surface area contributed by atoms with Crippen LogP contribution in [0.5, 0.6) is 11.5 Å². The monoisotopic (exact) mass is 412 g/mol. The number of carbonyl (C=O) groups excluding carboxylic acids is 2. The van der Waals surface area contributed by atoms with Crippen LogP contribution in [0.3, 0.4) is 0 Å². The summed E-state index contributed by atoms with van der Waals surface area (Å²) in [7, 11) is 0. The van der Waals surface area contributed by atoms with E-state index >= 15 is 0 Å². The minimum atomic E-state index is -0.644. The smallest absolute Gasteiger partial charge is 0.311 e. The zero-order valence-corrected chi connectivity index (χ0v) is 16.8. The lowest BCUT2D eigenvalue weighted by Gasteiger charge is -2.12. The summed E-state index contributed by atoms with van der Waals surface area (Å²) in [4.78, 5) is 32.9. The number of aromatic hydroxyl groups is 2. The minimum Gasteiger partial charge on any atom is -0.506 e. The zero-order chi connectivity index (χ0) is 22.3. The van der Waals surface area contributed by atoms with Gasteiger partial charge in [0, 0.05) is 6.07 Å². The van der Waals surface area contributed by atoms with Gasteiger partial charge in [0.15, 0.2) is 5.75 Å². The Kier molecular flexibility index (Phi) is 5.28. The molecule has 0 unspecified atom stereocenters. The van der Waals surface area contributed by atoms with Crippen molar-refractivity contribution in [3.8, 4) is 11.5 Å². The first-order chi connectivity index (χ1) is 14.0. The molecule has 0 saturated heterocycles. The maximum atomic E-state index is 11.5. The van der Waals surface area contributed by atoms with Gasteiger partial charge in [0.25, 0.3) is 0 Å². The van der Waals surface area contributed by atoms with Gasteiger partial charge in [-0.3, -0.25) is 19.7 Å². The molecule has 0 amide bonds. The predicted molar refractivity (Wildman–Crippen MR) is 110 cm³/mol. The molecule has 4 N–H and O–H groups in total. The number of nitro groups is 1. The number of rotatable bonds is 5. The summed E-state index contributed by atoms with van der Waals surface area (Å²) in [6.07, 6.45) is 3.24. The number of ketones is 2. The minimum absolute atomic E-state index is 0.0208. The first-order valence-electron chi connectivity index (χ1n) is 9.62. The number of nitrogens with two attached hydrogens (primary N) is 1. The largest absolute Gasteiger partial charge is 0.506 e. The summed E-state index contributed by atoms with van der Waals surface area (Å²) in [6.45, 7) is 3.10. The van der Waals surface area contributed by atoms with E-state index in [1.165, 1.54) is 19.1 Å². The van der Waals surface area contributed by atoms with Crippen LogP contribution in [-0.4, -0.2) is 26.7 Å². The van der Waals surface area contributed by atoms with Crippen LogP contribution >= 0.6 is 0 Å². The number of nitrogen functional groups attached to an aromatic ring is 1. The van der Waals surface area contributed by atoms with Crippen molar-refractivity contribution in [3.05, 3.63) is 57.6 Å². The van der Waals surface area contributed by atoms with Crippen molar-refractivity contribution >= 4 is 22.9 Å². The summed E-state index contributed by atoms with van der Waals surface area (Å²) >= 11 is 0. The predicted octanol–water partition coefficient (Wildman–Crippen LogP) is 3.52. The molecule has 2 aliphatic carbocycles. The lowest BCUT2D eigenvalue weighted by molar-refractivity contribution is -0.385. The lowest BCUT2D eigenvalue weighted by atomic mass is 9.92. The second-order valence-corrected chi connectivity index (χ2v) is 8.01. The Bertz CT molecular complexity index is 1040. The highest BCUT2D eigenvalue weighted by Crippen LogP contribution is 2.51. The van der Waals surface area contributed by atoms with Crippen molar-refractivity contribution in [1.29, 1.82) is 0 Å². The van der Waals surface area contributed by atoms with Gasteiger partial charge in [0.05, 0.1) is 21.4 Å². The molecule has 8 nitrogen and oxygen atoms in total.